The van der Waals surface area contributed by atoms with Gasteiger partial charge < -0.3 is 9.26 Å². The zero-order valence-corrected chi connectivity index (χ0v) is 10.4. The predicted octanol–water partition coefficient (Wildman–Crippen LogP) is 2.32. The summed E-state index contributed by atoms with van der Waals surface area (Å²) >= 11 is 0. The van der Waals surface area contributed by atoms with E-state index in [1.807, 2.05) is 13.0 Å². The number of nitrogens with zero attached hydrogens (tertiary/aromatic N) is 3. The van der Waals surface area contributed by atoms with Crippen LogP contribution < -0.4 is 4.74 Å². The van der Waals surface area contributed by atoms with E-state index in [2.05, 4.69) is 22.0 Å². The molecule has 2 heterocycles. The molecule has 0 aliphatic rings. The first-order valence-electron chi connectivity index (χ1n) is 5.51. The fourth-order valence-corrected chi connectivity index (χ4v) is 1.68. The van der Waals surface area contributed by atoms with Crippen LogP contribution >= 0.6 is 0 Å². The quantitative estimate of drug-likeness (QED) is 0.814. The molecule has 2 aromatic heterocycles. The lowest BCUT2D eigenvalue weighted by molar-refractivity contribution is 0.391. The standard InChI is InChI=1S/C12H15N3O2/c1-5-9-6-10(7(2)13-11(9)16-4)12-14-8(3)15-17-12/h6H,5H2,1-4H3. The molecule has 0 radical (unpaired) electrons. The molecule has 0 saturated carbocycles. The van der Waals surface area contributed by atoms with Crippen molar-refractivity contribution in [2.45, 2.75) is 27.2 Å². The summed E-state index contributed by atoms with van der Waals surface area (Å²) in [7, 11) is 1.62. The first-order chi connectivity index (χ1) is 8.15. The number of rotatable bonds is 3. The number of hydrogen-bond acceptors (Lipinski definition) is 5. The number of ether oxygens (including phenoxy) is 1. The highest BCUT2D eigenvalue weighted by atomic mass is 16.5. The maximum Gasteiger partial charge on any atom is 0.259 e. The largest absolute Gasteiger partial charge is 0.481 e. The topological polar surface area (TPSA) is 61.0 Å². The van der Waals surface area contributed by atoms with Crippen LogP contribution in [0.3, 0.4) is 0 Å². The van der Waals surface area contributed by atoms with E-state index in [9.17, 15) is 0 Å². The Hall–Kier alpha value is -1.91. The van der Waals surface area contributed by atoms with Gasteiger partial charge in [0.2, 0.25) is 5.88 Å². The lowest BCUT2D eigenvalue weighted by atomic mass is 10.1. The van der Waals surface area contributed by atoms with Gasteiger partial charge in [-0.05, 0) is 26.3 Å². The van der Waals surface area contributed by atoms with Crippen LogP contribution in [0.4, 0.5) is 0 Å². The van der Waals surface area contributed by atoms with E-state index in [4.69, 9.17) is 9.26 Å². The zero-order valence-electron chi connectivity index (χ0n) is 10.4. The van der Waals surface area contributed by atoms with E-state index in [0.29, 0.717) is 17.6 Å². The van der Waals surface area contributed by atoms with Gasteiger partial charge in [0.05, 0.1) is 18.4 Å². The molecule has 0 aromatic carbocycles. The van der Waals surface area contributed by atoms with Crippen molar-refractivity contribution in [1.82, 2.24) is 15.1 Å². The number of hydrogen-bond donors (Lipinski definition) is 0. The molecule has 0 N–H and O–H groups in total. The van der Waals surface area contributed by atoms with E-state index in [1.165, 1.54) is 0 Å². The van der Waals surface area contributed by atoms with Crippen LogP contribution in [0.1, 0.15) is 24.0 Å². The van der Waals surface area contributed by atoms with Crippen molar-refractivity contribution in [3.63, 3.8) is 0 Å². The Kier molecular flexibility index (Phi) is 3.08. The number of pyridine rings is 1. The second-order valence-electron chi connectivity index (χ2n) is 3.79. The van der Waals surface area contributed by atoms with Crippen LogP contribution in [0.2, 0.25) is 0 Å². The van der Waals surface area contributed by atoms with E-state index < -0.39 is 0 Å². The van der Waals surface area contributed by atoms with Gasteiger partial charge in [0, 0.05) is 5.56 Å². The Balaban J connectivity index is 2.55. The third-order valence-electron chi connectivity index (χ3n) is 2.58. The van der Waals surface area contributed by atoms with Gasteiger partial charge in [-0.15, -0.1) is 0 Å². The van der Waals surface area contributed by atoms with Gasteiger partial charge in [-0.1, -0.05) is 12.1 Å². The molecule has 0 atom stereocenters. The van der Waals surface area contributed by atoms with Gasteiger partial charge in [0.1, 0.15) is 0 Å². The van der Waals surface area contributed by atoms with Crippen molar-refractivity contribution in [1.29, 1.82) is 0 Å². The summed E-state index contributed by atoms with van der Waals surface area (Å²) in [5.74, 6) is 1.78. The van der Waals surface area contributed by atoms with Crippen LogP contribution in [-0.4, -0.2) is 22.2 Å². The highest BCUT2D eigenvalue weighted by Crippen LogP contribution is 2.26. The summed E-state index contributed by atoms with van der Waals surface area (Å²) in [6.07, 6.45) is 0.844. The first kappa shape index (κ1) is 11.6. The van der Waals surface area contributed by atoms with Gasteiger partial charge >= 0.3 is 0 Å². The lowest BCUT2D eigenvalue weighted by Crippen LogP contribution is -1.98. The Morgan fingerprint density at radius 1 is 1.29 bits per heavy atom. The summed E-state index contributed by atoms with van der Waals surface area (Å²) < 4.78 is 10.4. The van der Waals surface area contributed by atoms with Gasteiger partial charge in [-0.2, -0.15) is 4.98 Å². The maximum atomic E-state index is 5.24. The fraction of sp³-hybridized carbons (Fsp3) is 0.417. The van der Waals surface area contributed by atoms with E-state index >= 15 is 0 Å². The van der Waals surface area contributed by atoms with Gasteiger partial charge in [0.15, 0.2) is 5.82 Å². The fourth-order valence-electron chi connectivity index (χ4n) is 1.68. The number of aryl methyl sites for hydroxylation is 3. The summed E-state index contributed by atoms with van der Waals surface area (Å²) in [6.45, 7) is 5.74. The van der Waals surface area contributed by atoms with E-state index in [-0.39, 0.29) is 0 Å². The smallest absolute Gasteiger partial charge is 0.259 e. The van der Waals surface area contributed by atoms with Crippen molar-refractivity contribution in [2.75, 3.05) is 7.11 Å². The lowest BCUT2D eigenvalue weighted by Gasteiger charge is -2.08. The van der Waals surface area contributed by atoms with Crippen LogP contribution in [0.25, 0.3) is 11.5 Å². The molecule has 2 rings (SSSR count). The Bertz CT molecular complexity index is 535. The molecule has 5 heteroatoms. The van der Waals surface area contributed by atoms with Crippen LogP contribution in [0.15, 0.2) is 10.6 Å². The molecule has 0 amide bonds. The second-order valence-corrected chi connectivity index (χ2v) is 3.79. The predicted molar refractivity (Wildman–Crippen MR) is 62.9 cm³/mol. The van der Waals surface area contributed by atoms with Crippen molar-refractivity contribution >= 4 is 0 Å². The van der Waals surface area contributed by atoms with Crippen LogP contribution in [0, 0.1) is 13.8 Å². The molecule has 0 saturated heterocycles. The van der Waals surface area contributed by atoms with Crippen molar-refractivity contribution in [2.24, 2.45) is 0 Å². The minimum absolute atomic E-state index is 0.504. The number of aromatic nitrogens is 3. The molecule has 2 aromatic rings. The van der Waals surface area contributed by atoms with Crippen LogP contribution in [-0.2, 0) is 6.42 Å². The number of methoxy groups -OCH3 is 1. The average Bonchev–Trinajstić information content (AvgIpc) is 2.75. The summed E-state index contributed by atoms with van der Waals surface area (Å²) in [4.78, 5) is 8.61. The maximum absolute atomic E-state index is 5.24. The molecular weight excluding hydrogens is 218 g/mol. The summed E-state index contributed by atoms with van der Waals surface area (Å²) in [5.41, 5.74) is 2.72. The third-order valence-corrected chi connectivity index (χ3v) is 2.58. The molecule has 0 unspecified atom stereocenters. The molecule has 90 valence electrons. The highest BCUT2D eigenvalue weighted by molar-refractivity contribution is 5.58. The minimum Gasteiger partial charge on any atom is -0.481 e. The van der Waals surface area contributed by atoms with Gasteiger partial charge in [-0.25, -0.2) is 4.98 Å². The zero-order chi connectivity index (χ0) is 12.4. The summed E-state index contributed by atoms with van der Waals surface area (Å²) in [5, 5.41) is 3.79. The SMILES string of the molecule is CCc1cc(-c2nc(C)no2)c(C)nc1OC. The molecule has 0 aliphatic carbocycles. The minimum atomic E-state index is 0.504. The summed E-state index contributed by atoms with van der Waals surface area (Å²) in [6, 6.07) is 1.99. The monoisotopic (exact) mass is 233 g/mol. The average molecular weight is 233 g/mol. The van der Waals surface area contributed by atoms with Gasteiger partial charge in [0.25, 0.3) is 5.89 Å². The van der Waals surface area contributed by atoms with Crippen molar-refractivity contribution in [3.8, 4) is 17.3 Å². The first-order valence-corrected chi connectivity index (χ1v) is 5.51. The molecule has 5 nitrogen and oxygen atoms in total. The molecule has 0 aliphatic heterocycles. The Morgan fingerprint density at radius 2 is 2.06 bits per heavy atom. The molecule has 17 heavy (non-hydrogen) atoms. The normalized spacial score (nSPS) is 10.6. The van der Waals surface area contributed by atoms with Crippen molar-refractivity contribution < 1.29 is 9.26 Å². The molecule has 0 fully saturated rings. The molecule has 0 bridgehead atoms. The van der Waals surface area contributed by atoms with Gasteiger partial charge in [-0.3, -0.25) is 0 Å². The Labute approximate surface area is 99.8 Å². The second kappa shape index (κ2) is 4.53. The highest BCUT2D eigenvalue weighted by Gasteiger charge is 2.14. The Morgan fingerprint density at radius 3 is 2.59 bits per heavy atom. The third kappa shape index (κ3) is 2.13. The molecule has 0 spiro atoms. The molecular formula is C12H15N3O2. The van der Waals surface area contributed by atoms with Crippen molar-refractivity contribution in [3.05, 3.63) is 23.1 Å². The van der Waals surface area contributed by atoms with E-state index in [1.54, 1.807) is 14.0 Å². The van der Waals surface area contributed by atoms with Crippen LogP contribution in [0.5, 0.6) is 5.88 Å². The van der Waals surface area contributed by atoms with E-state index in [0.717, 1.165) is 23.2 Å².